The van der Waals surface area contributed by atoms with E-state index in [0.717, 1.165) is 5.75 Å². The number of hydrogen-bond donors (Lipinski definition) is 1. The Morgan fingerprint density at radius 3 is 2.31 bits per heavy atom. The van der Waals surface area contributed by atoms with Crippen LogP contribution in [0, 0.1) is 11.3 Å². The molecule has 0 fully saturated rings. The molecule has 0 spiro atoms. The molecule has 0 saturated heterocycles. The Morgan fingerprint density at radius 1 is 0.966 bits per heavy atom. The van der Waals surface area contributed by atoms with Gasteiger partial charge in [0.25, 0.3) is 5.91 Å². The van der Waals surface area contributed by atoms with Gasteiger partial charge in [-0.15, -0.1) is 0 Å². The van der Waals surface area contributed by atoms with Crippen molar-refractivity contribution in [3.8, 4) is 29.1 Å². The van der Waals surface area contributed by atoms with Crippen molar-refractivity contribution in [3.63, 3.8) is 0 Å². The van der Waals surface area contributed by atoms with Gasteiger partial charge < -0.3 is 19.5 Å². The fourth-order valence-corrected chi connectivity index (χ4v) is 2.55. The molecule has 1 N–H and O–H groups in total. The van der Waals surface area contributed by atoms with Gasteiger partial charge in [-0.25, -0.2) is 0 Å². The average Bonchev–Trinajstić information content (AvgIpc) is 2.76. The average molecular weight is 388 g/mol. The van der Waals surface area contributed by atoms with E-state index in [2.05, 4.69) is 5.32 Å². The summed E-state index contributed by atoms with van der Waals surface area (Å²) in [5, 5.41) is 11.8. The topological polar surface area (TPSA) is 80.6 Å². The van der Waals surface area contributed by atoms with Crippen molar-refractivity contribution < 1.29 is 19.0 Å². The van der Waals surface area contributed by atoms with Crippen LogP contribution in [-0.4, -0.2) is 19.1 Å². The molecule has 0 heterocycles. The summed E-state index contributed by atoms with van der Waals surface area (Å²) in [5.41, 5.74) is 1.07. The largest absolute Gasteiger partial charge is 0.493 e. The zero-order chi connectivity index (χ0) is 20.6. The number of nitrogens with one attached hydrogen (secondary N) is 1. The number of rotatable bonds is 7. The summed E-state index contributed by atoms with van der Waals surface area (Å²) in [4.78, 5) is 12.5. The highest BCUT2D eigenvalue weighted by atomic mass is 16.5. The van der Waals surface area contributed by atoms with Crippen LogP contribution in [0.3, 0.4) is 0 Å². The quantitative estimate of drug-likeness (QED) is 0.631. The first kappa shape index (κ1) is 19.8. The van der Waals surface area contributed by atoms with E-state index in [1.54, 1.807) is 49.4 Å². The van der Waals surface area contributed by atoms with Crippen LogP contribution in [-0.2, 0) is 4.79 Å². The molecule has 0 radical (unpaired) electrons. The Bertz CT molecular complexity index is 1010. The van der Waals surface area contributed by atoms with Gasteiger partial charge in [0.05, 0.1) is 18.7 Å². The van der Waals surface area contributed by atoms with Crippen molar-refractivity contribution in [2.45, 2.75) is 13.0 Å². The molecule has 0 aliphatic heterocycles. The molecule has 3 aromatic carbocycles. The van der Waals surface area contributed by atoms with Gasteiger partial charge in [0.1, 0.15) is 11.5 Å². The van der Waals surface area contributed by atoms with E-state index >= 15 is 0 Å². The maximum absolute atomic E-state index is 12.5. The zero-order valence-corrected chi connectivity index (χ0v) is 16.1. The Morgan fingerprint density at radius 2 is 1.66 bits per heavy atom. The van der Waals surface area contributed by atoms with E-state index in [4.69, 9.17) is 19.5 Å². The lowest BCUT2D eigenvalue weighted by molar-refractivity contribution is -0.122. The second-order valence-corrected chi connectivity index (χ2v) is 6.17. The molecule has 0 saturated carbocycles. The monoisotopic (exact) mass is 388 g/mol. The van der Waals surface area contributed by atoms with Gasteiger partial charge in [-0.2, -0.15) is 5.26 Å². The number of carbonyl (C=O) groups excluding carboxylic acids is 1. The molecule has 29 heavy (non-hydrogen) atoms. The minimum absolute atomic E-state index is 0.312. The van der Waals surface area contributed by atoms with Gasteiger partial charge in [0.15, 0.2) is 17.6 Å². The third-order valence-corrected chi connectivity index (χ3v) is 4.07. The lowest BCUT2D eigenvalue weighted by Gasteiger charge is -2.17. The van der Waals surface area contributed by atoms with Crippen molar-refractivity contribution in [2.75, 3.05) is 12.4 Å². The summed E-state index contributed by atoms with van der Waals surface area (Å²) < 4.78 is 16.7. The van der Waals surface area contributed by atoms with Crippen molar-refractivity contribution >= 4 is 11.6 Å². The standard InChI is InChI=1S/C23H20N2O4/c1-16(28-21-13-8-17(15-24)14-22(21)27-2)23(26)25-18-9-11-20(12-10-18)29-19-6-4-3-5-7-19/h3-14,16H,1-2H3,(H,25,26)/t16-/m0/s1. The molecular weight excluding hydrogens is 368 g/mol. The van der Waals surface area contributed by atoms with E-state index in [1.165, 1.54) is 7.11 Å². The fourth-order valence-electron chi connectivity index (χ4n) is 2.55. The number of nitrogens with zero attached hydrogens (tertiary/aromatic N) is 1. The van der Waals surface area contributed by atoms with Gasteiger partial charge >= 0.3 is 0 Å². The van der Waals surface area contributed by atoms with E-state index in [0.29, 0.717) is 28.5 Å². The Kier molecular flexibility index (Phi) is 6.33. The number of benzene rings is 3. The number of anilines is 1. The number of carbonyl (C=O) groups is 1. The van der Waals surface area contributed by atoms with Crippen LogP contribution in [0.1, 0.15) is 12.5 Å². The Balaban J connectivity index is 1.60. The summed E-state index contributed by atoms with van der Waals surface area (Å²) >= 11 is 0. The van der Waals surface area contributed by atoms with Crippen LogP contribution in [0.4, 0.5) is 5.69 Å². The first-order valence-electron chi connectivity index (χ1n) is 8.97. The number of nitriles is 1. The van der Waals surface area contributed by atoms with Crippen molar-refractivity contribution in [2.24, 2.45) is 0 Å². The second-order valence-electron chi connectivity index (χ2n) is 6.17. The summed E-state index contributed by atoms with van der Waals surface area (Å²) in [6.07, 6.45) is -0.767. The first-order valence-corrected chi connectivity index (χ1v) is 8.97. The molecule has 1 amide bonds. The molecule has 6 nitrogen and oxygen atoms in total. The third-order valence-electron chi connectivity index (χ3n) is 4.07. The molecule has 6 heteroatoms. The lowest BCUT2D eigenvalue weighted by atomic mass is 10.2. The van der Waals surface area contributed by atoms with Gasteiger partial charge in [0, 0.05) is 11.8 Å². The SMILES string of the molecule is COc1cc(C#N)ccc1O[C@@H](C)C(=O)Nc1ccc(Oc2ccccc2)cc1. The highest BCUT2D eigenvalue weighted by Gasteiger charge is 2.17. The highest BCUT2D eigenvalue weighted by molar-refractivity contribution is 5.94. The number of methoxy groups -OCH3 is 1. The summed E-state index contributed by atoms with van der Waals surface area (Å²) in [5.74, 6) is 1.88. The van der Waals surface area contributed by atoms with Crippen molar-refractivity contribution in [3.05, 3.63) is 78.4 Å². The van der Waals surface area contributed by atoms with Crippen LogP contribution >= 0.6 is 0 Å². The first-order chi connectivity index (χ1) is 14.1. The molecule has 0 bridgehead atoms. The number of ether oxygens (including phenoxy) is 3. The van der Waals surface area contributed by atoms with Crippen LogP contribution in [0.25, 0.3) is 0 Å². The maximum atomic E-state index is 12.5. The van der Waals surface area contributed by atoms with Crippen molar-refractivity contribution in [1.82, 2.24) is 0 Å². The highest BCUT2D eigenvalue weighted by Crippen LogP contribution is 2.29. The fraction of sp³-hybridized carbons (Fsp3) is 0.130. The normalized spacial score (nSPS) is 11.1. The number of hydrogen-bond acceptors (Lipinski definition) is 5. The number of amides is 1. The summed E-state index contributed by atoms with van der Waals surface area (Å²) in [6, 6.07) is 23.3. The smallest absolute Gasteiger partial charge is 0.265 e. The van der Waals surface area contributed by atoms with Crippen molar-refractivity contribution in [1.29, 1.82) is 5.26 Å². The van der Waals surface area contributed by atoms with E-state index in [-0.39, 0.29) is 5.91 Å². The third kappa shape index (κ3) is 5.27. The maximum Gasteiger partial charge on any atom is 0.265 e. The minimum Gasteiger partial charge on any atom is -0.493 e. The zero-order valence-electron chi connectivity index (χ0n) is 16.1. The number of para-hydroxylation sites is 1. The van der Waals surface area contributed by atoms with Gasteiger partial charge in [-0.3, -0.25) is 4.79 Å². The summed E-state index contributed by atoms with van der Waals surface area (Å²) in [6.45, 7) is 1.64. The lowest BCUT2D eigenvalue weighted by Crippen LogP contribution is -2.30. The Hall–Kier alpha value is -3.98. The molecule has 0 aromatic heterocycles. The predicted molar refractivity (Wildman–Crippen MR) is 109 cm³/mol. The second kappa shape index (κ2) is 9.29. The summed E-state index contributed by atoms with van der Waals surface area (Å²) in [7, 11) is 1.48. The molecule has 1 atom stereocenters. The van der Waals surface area contributed by atoms with E-state index in [1.807, 2.05) is 36.4 Å². The molecular formula is C23H20N2O4. The Labute approximate surface area is 169 Å². The molecule has 0 aliphatic carbocycles. The molecule has 3 aromatic rings. The van der Waals surface area contributed by atoms with Crippen LogP contribution < -0.4 is 19.5 Å². The molecule has 0 unspecified atom stereocenters. The van der Waals surface area contributed by atoms with Crippen LogP contribution in [0.2, 0.25) is 0 Å². The van der Waals surface area contributed by atoms with Gasteiger partial charge in [-0.05, 0) is 55.5 Å². The molecule has 0 aliphatic rings. The van der Waals surface area contributed by atoms with Crippen LogP contribution in [0.5, 0.6) is 23.0 Å². The molecule has 3 rings (SSSR count). The van der Waals surface area contributed by atoms with E-state index in [9.17, 15) is 4.79 Å². The van der Waals surface area contributed by atoms with Gasteiger partial charge in [-0.1, -0.05) is 18.2 Å². The predicted octanol–water partition coefficient (Wildman–Crippen LogP) is 4.77. The molecule has 146 valence electrons. The van der Waals surface area contributed by atoms with Crippen LogP contribution in [0.15, 0.2) is 72.8 Å². The minimum atomic E-state index is -0.767. The van der Waals surface area contributed by atoms with E-state index < -0.39 is 6.10 Å². The van der Waals surface area contributed by atoms with Gasteiger partial charge in [0.2, 0.25) is 0 Å².